The Morgan fingerprint density at radius 1 is 1.10 bits per heavy atom. The van der Waals surface area contributed by atoms with Crippen molar-refractivity contribution in [1.82, 2.24) is 9.88 Å². The van der Waals surface area contributed by atoms with Crippen molar-refractivity contribution in [2.75, 3.05) is 24.3 Å². The summed E-state index contributed by atoms with van der Waals surface area (Å²) in [7, 11) is 1.65. The second-order valence-electron chi connectivity index (χ2n) is 11.0. The maximum absolute atomic E-state index is 13.6. The van der Waals surface area contributed by atoms with E-state index in [0.29, 0.717) is 24.2 Å². The summed E-state index contributed by atoms with van der Waals surface area (Å²) in [6.45, 7) is 3.88. The monoisotopic (exact) mass is 580 g/mol. The minimum Gasteiger partial charge on any atom is -0.377 e. The molecule has 2 N–H and O–H groups in total. The van der Waals surface area contributed by atoms with Crippen LogP contribution in [-0.4, -0.2) is 41.3 Å². The molecule has 42 heavy (non-hydrogen) atoms. The molecule has 1 aliphatic heterocycles. The van der Waals surface area contributed by atoms with E-state index < -0.39 is 5.41 Å². The molecule has 2 unspecified atom stereocenters. The van der Waals surface area contributed by atoms with E-state index in [2.05, 4.69) is 15.6 Å². The predicted molar refractivity (Wildman–Crippen MR) is 163 cm³/mol. The van der Waals surface area contributed by atoms with Crippen LogP contribution < -0.4 is 10.6 Å². The van der Waals surface area contributed by atoms with E-state index in [1.54, 1.807) is 12.5 Å². The summed E-state index contributed by atoms with van der Waals surface area (Å²) in [5, 5.41) is 8.52. The lowest BCUT2D eigenvalue weighted by Crippen LogP contribution is -2.38. The Kier molecular flexibility index (Phi) is 7.38. The van der Waals surface area contributed by atoms with E-state index in [-0.39, 0.29) is 36.9 Å². The summed E-state index contributed by atoms with van der Waals surface area (Å²) < 4.78 is 5.55. The summed E-state index contributed by atoms with van der Waals surface area (Å²) in [5.74, 6) is -0.611. The molecule has 3 amide bonds. The van der Waals surface area contributed by atoms with E-state index in [0.717, 1.165) is 38.5 Å². The van der Waals surface area contributed by atoms with Crippen molar-refractivity contribution in [3.8, 4) is 0 Å². The van der Waals surface area contributed by atoms with Gasteiger partial charge in [-0.05, 0) is 72.7 Å². The number of aromatic nitrogens is 1. The van der Waals surface area contributed by atoms with Gasteiger partial charge in [0.05, 0.1) is 16.5 Å². The molecule has 0 fully saturated rings. The molecule has 2 aliphatic rings. The average Bonchev–Trinajstić information content (AvgIpc) is 3.67. The molecule has 1 aliphatic carbocycles. The quantitative estimate of drug-likeness (QED) is 0.290. The van der Waals surface area contributed by atoms with Crippen molar-refractivity contribution in [2.24, 2.45) is 0 Å². The van der Waals surface area contributed by atoms with Gasteiger partial charge in [0.15, 0.2) is 0 Å². The first kappa shape index (κ1) is 27.8. The molecule has 4 aromatic rings. The number of hydrogen-bond acceptors (Lipinski definition) is 6. The highest BCUT2D eigenvalue weighted by molar-refractivity contribution is 7.09. The SMILES string of the molecule is COC(C)c1ccccc1CN(CC(=O)Nc1ccc2c(c1)CC1(C2)C(=O)Nc2ccccc21)C(=O)c1csc(C)n1. The van der Waals surface area contributed by atoms with Crippen LogP contribution in [0.4, 0.5) is 11.4 Å². The smallest absolute Gasteiger partial charge is 0.274 e. The van der Waals surface area contributed by atoms with Crippen molar-refractivity contribution in [3.63, 3.8) is 0 Å². The van der Waals surface area contributed by atoms with Crippen LogP contribution in [0.2, 0.25) is 0 Å². The van der Waals surface area contributed by atoms with Gasteiger partial charge in [-0.2, -0.15) is 0 Å². The van der Waals surface area contributed by atoms with Gasteiger partial charge in [0, 0.05) is 30.4 Å². The van der Waals surface area contributed by atoms with Crippen molar-refractivity contribution >= 4 is 40.4 Å². The zero-order chi connectivity index (χ0) is 29.4. The molecule has 0 saturated heterocycles. The van der Waals surface area contributed by atoms with Crippen LogP contribution in [0.3, 0.4) is 0 Å². The molecular formula is C33H32N4O4S. The average molecular weight is 581 g/mol. The number of hydrogen-bond donors (Lipinski definition) is 2. The van der Waals surface area contributed by atoms with Crippen molar-refractivity contribution in [2.45, 2.75) is 44.8 Å². The number of methoxy groups -OCH3 is 1. The zero-order valence-corrected chi connectivity index (χ0v) is 24.6. The third-order valence-corrected chi connectivity index (χ3v) is 9.04. The fraction of sp³-hybridized carbons (Fsp3) is 0.273. The number of para-hydroxylation sites is 1. The van der Waals surface area contributed by atoms with E-state index >= 15 is 0 Å². The summed E-state index contributed by atoms with van der Waals surface area (Å²) >= 11 is 1.40. The number of ether oxygens (including phenoxy) is 1. The minimum absolute atomic E-state index is 0.0139. The molecule has 9 heteroatoms. The molecule has 0 saturated carbocycles. The molecule has 1 spiro atoms. The summed E-state index contributed by atoms with van der Waals surface area (Å²) in [4.78, 5) is 45.9. The van der Waals surface area contributed by atoms with Gasteiger partial charge in [-0.3, -0.25) is 14.4 Å². The number of rotatable bonds is 8. The third-order valence-electron chi connectivity index (χ3n) is 8.27. The molecule has 8 nitrogen and oxygen atoms in total. The van der Waals surface area contributed by atoms with Crippen molar-refractivity contribution in [1.29, 1.82) is 0 Å². The van der Waals surface area contributed by atoms with Crippen LogP contribution >= 0.6 is 11.3 Å². The normalized spacial score (nSPS) is 17.5. The maximum atomic E-state index is 13.6. The van der Waals surface area contributed by atoms with Gasteiger partial charge >= 0.3 is 0 Å². The van der Waals surface area contributed by atoms with E-state index in [1.165, 1.54) is 16.2 Å². The largest absolute Gasteiger partial charge is 0.377 e. The van der Waals surface area contributed by atoms with Crippen molar-refractivity contribution < 1.29 is 19.1 Å². The predicted octanol–water partition coefficient (Wildman–Crippen LogP) is 5.43. The Labute approximate surface area is 248 Å². The van der Waals surface area contributed by atoms with Gasteiger partial charge in [-0.25, -0.2) is 4.98 Å². The lowest BCUT2D eigenvalue weighted by atomic mass is 9.79. The highest BCUT2D eigenvalue weighted by Crippen LogP contribution is 2.47. The first-order valence-corrected chi connectivity index (χ1v) is 14.8. The number of nitrogens with zero attached hydrogens (tertiary/aromatic N) is 2. The Balaban J connectivity index is 1.21. The number of anilines is 2. The second-order valence-corrected chi connectivity index (χ2v) is 12.0. The van der Waals surface area contributed by atoms with Crippen LogP contribution in [0.25, 0.3) is 0 Å². The minimum atomic E-state index is -0.622. The lowest BCUT2D eigenvalue weighted by molar-refractivity contribution is -0.120. The maximum Gasteiger partial charge on any atom is 0.274 e. The zero-order valence-electron chi connectivity index (χ0n) is 23.8. The number of nitrogens with one attached hydrogen (secondary N) is 2. The Morgan fingerprint density at radius 3 is 2.64 bits per heavy atom. The van der Waals surface area contributed by atoms with Crippen LogP contribution in [-0.2, 0) is 39.1 Å². The highest BCUT2D eigenvalue weighted by atomic mass is 32.1. The molecule has 0 bridgehead atoms. The van der Waals surface area contributed by atoms with E-state index in [1.807, 2.05) is 80.6 Å². The second kappa shape index (κ2) is 11.2. The molecule has 214 valence electrons. The van der Waals surface area contributed by atoms with Crippen LogP contribution in [0.5, 0.6) is 0 Å². The fourth-order valence-electron chi connectivity index (χ4n) is 6.08. The van der Waals surface area contributed by atoms with Gasteiger partial charge in [0.25, 0.3) is 5.91 Å². The number of amides is 3. The number of aryl methyl sites for hydroxylation is 1. The number of carbonyl (C=O) groups excluding carboxylic acids is 3. The molecule has 0 radical (unpaired) electrons. The lowest BCUT2D eigenvalue weighted by Gasteiger charge is -2.24. The van der Waals surface area contributed by atoms with Crippen LogP contribution in [0.15, 0.2) is 72.1 Å². The number of fused-ring (bicyclic) bond motifs is 3. The number of carbonyl (C=O) groups is 3. The molecule has 2 heterocycles. The highest BCUT2D eigenvalue weighted by Gasteiger charge is 2.50. The first-order valence-electron chi connectivity index (χ1n) is 13.9. The first-order chi connectivity index (χ1) is 20.3. The molecule has 3 aromatic carbocycles. The standard InChI is InChI=1S/C33H32N4O4S/c1-20(41-3)26-9-5-4-8-23(26)17-37(31(39)29-19-42-21(2)34-29)18-30(38)35-25-13-12-22-15-33(16-24(22)14-25)27-10-6-7-11-28(27)36-32(33)40/h4-14,19-20H,15-18H2,1-3H3,(H,35,38)(H,36,40). The summed E-state index contributed by atoms with van der Waals surface area (Å²) in [5.41, 5.74) is 6.21. The summed E-state index contributed by atoms with van der Waals surface area (Å²) in [6, 6.07) is 21.4. The van der Waals surface area contributed by atoms with Gasteiger partial charge in [0.1, 0.15) is 12.2 Å². The molecule has 1 aromatic heterocycles. The molecule has 6 rings (SSSR count). The van der Waals surface area contributed by atoms with Gasteiger partial charge in [-0.1, -0.05) is 48.5 Å². The van der Waals surface area contributed by atoms with Crippen LogP contribution in [0, 0.1) is 6.92 Å². The number of benzene rings is 3. The number of thiazole rings is 1. The topological polar surface area (TPSA) is 101 Å². The molecular weight excluding hydrogens is 548 g/mol. The van der Waals surface area contributed by atoms with Crippen molar-refractivity contribution in [3.05, 3.63) is 111 Å². The fourth-order valence-corrected chi connectivity index (χ4v) is 6.67. The Morgan fingerprint density at radius 2 is 1.86 bits per heavy atom. The van der Waals surface area contributed by atoms with Gasteiger partial charge in [0.2, 0.25) is 11.8 Å². The van der Waals surface area contributed by atoms with Crippen LogP contribution in [0.1, 0.15) is 56.3 Å². The summed E-state index contributed by atoms with van der Waals surface area (Å²) in [6.07, 6.45) is 1.02. The van der Waals surface area contributed by atoms with E-state index in [9.17, 15) is 14.4 Å². The Hall–Kier alpha value is -4.34. The Bertz CT molecular complexity index is 1700. The van der Waals surface area contributed by atoms with Gasteiger partial charge < -0.3 is 20.3 Å². The third kappa shape index (κ3) is 5.10. The van der Waals surface area contributed by atoms with Gasteiger partial charge in [-0.15, -0.1) is 11.3 Å². The van der Waals surface area contributed by atoms with E-state index in [4.69, 9.17) is 4.74 Å². The molecule has 2 atom stereocenters.